The molecule has 0 aromatic heterocycles. The third kappa shape index (κ3) is 3.98. The topological polar surface area (TPSA) is 75.9 Å². The summed E-state index contributed by atoms with van der Waals surface area (Å²) < 4.78 is 5.14. The van der Waals surface area contributed by atoms with E-state index in [1.165, 1.54) is 12.5 Å². The van der Waals surface area contributed by atoms with E-state index in [0.29, 0.717) is 13.1 Å². The van der Waals surface area contributed by atoms with Crippen molar-refractivity contribution in [3.63, 3.8) is 0 Å². The number of amides is 2. The van der Waals surface area contributed by atoms with Crippen LogP contribution in [-0.4, -0.2) is 60.9 Å². The van der Waals surface area contributed by atoms with E-state index in [4.69, 9.17) is 10.5 Å². The number of benzene rings is 1. The molecule has 6 nitrogen and oxygen atoms in total. The molecule has 1 atom stereocenters. The summed E-state index contributed by atoms with van der Waals surface area (Å²) in [5.41, 5.74) is 6.64. The lowest BCUT2D eigenvalue weighted by Gasteiger charge is -2.39. The maximum atomic E-state index is 11.5. The minimum absolute atomic E-state index is 0.0985. The first-order chi connectivity index (χ1) is 10.5. The summed E-state index contributed by atoms with van der Waals surface area (Å²) in [6.07, 6.45) is 0.884. The molecule has 2 rings (SSSR count). The van der Waals surface area contributed by atoms with Crippen molar-refractivity contribution in [3.05, 3.63) is 29.8 Å². The zero-order valence-corrected chi connectivity index (χ0v) is 13.1. The molecule has 1 saturated heterocycles. The molecule has 0 radical (unpaired) electrons. The van der Waals surface area contributed by atoms with Crippen molar-refractivity contribution < 1.29 is 14.3 Å². The van der Waals surface area contributed by atoms with Crippen LogP contribution >= 0.6 is 0 Å². The molecule has 0 bridgehead atoms. The summed E-state index contributed by atoms with van der Waals surface area (Å²) in [6.45, 7) is 4.13. The second-order valence-electron chi connectivity index (χ2n) is 5.53. The minimum Gasteiger partial charge on any atom is -0.497 e. The zero-order chi connectivity index (χ0) is 16.1. The molecule has 120 valence electrons. The number of ether oxygens (including phenoxy) is 1. The van der Waals surface area contributed by atoms with Crippen LogP contribution in [0.1, 0.15) is 12.5 Å². The molecule has 1 heterocycles. The third-order valence-corrected chi connectivity index (χ3v) is 4.07. The van der Waals surface area contributed by atoms with Gasteiger partial charge in [-0.15, -0.1) is 0 Å². The highest BCUT2D eigenvalue weighted by Crippen LogP contribution is 2.14. The maximum absolute atomic E-state index is 11.5. The molecule has 1 aromatic rings. The first kappa shape index (κ1) is 16.3. The largest absolute Gasteiger partial charge is 0.497 e. The van der Waals surface area contributed by atoms with Gasteiger partial charge in [-0.2, -0.15) is 0 Å². The van der Waals surface area contributed by atoms with Crippen molar-refractivity contribution in [2.24, 2.45) is 5.73 Å². The van der Waals surface area contributed by atoms with Crippen molar-refractivity contribution >= 4 is 11.8 Å². The molecule has 2 N–H and O–H groups in total. The second kappa shape index (κ2) is 7.26. The minimum atomic E-state index is -0.526. The fourth-order valence-corrected chi connectivity index (χ4v) is 2.74. The summed E-state index contributed by atoms with van der Waals surface area (Å²) in [5, 5.41) is 0. The molecule has 1 aromatic carbocycles. The molecular weight excluding hydrogens is 282 g/mol. The Kier molecular flexibility index (Phi) is 5.38. The summed E-state index contributed by atoms with van der Waals surface area (Å²) in [4.78, 5) is 26.8. The lowest BCUT2D eigenvalue weighted by atomic mass is 10.1. The average Bonchev–Trinajstić information content (AvgIpc) is 2.53. The van der Waals surface area contributed by atoms with Crippen LogP contribution in [0.2, 0.25) is 0 Å². The number of nitrogens with zero attached hydrogens (tertiary/aromatic N) is 2. The third-order valence-electron chi connectivity index (χ3n) is 4.07. The van der Waals surface area contributed by atoms with E-state index >= 15 is 0 Å². The number of carbonyl (C=O) groups is 2. The second-order valence-corrected chi connectivity index (χ2v) is 5.53. The van der Waals surface area contributed by atoms with Crippen LogP contribution < -0.4 is 10.5 Å². The van der Waals surface area contributed by atoms with E-state index in [1.54, 1.807) is 12.0 Å². The van der Waals surface area contributed by atoms with Gasteiger partial charge in [-0.3, -0.25) is 14.5 Å². The lowest BCUT2D eigenvalue weighted by Crippen LogP contribution is -2.59. The molecule has 2 amide bonds. The van der Waals surface area contributed by atoms with Crippen molar-refractivity contribution in [1.29, 1.82) is 0 Å². The van der Waals surface area contributed by atoms with Crippen molar-refractivity contribution in [2.75, 3.05) is 33.3 Å². The van der Waals surface area contributed by atoms with Crippen LogP contribution in [0, 0.1) is 0 Å². The van der Waals surface area contributed by atoms with Gasteiger partial charge in [0.2, 0.25) is 11.8 Å². The van der Waals surface area contributed by atoms with Gasteiger partial charge in [0, 0.05) is 33.1 Å². The molecule has 1 fully saturated rings. The molecule has 22 heavy (non-hydrogen) atoms. The van der Waals surface area contributed by atoms with Crippen LogP contribution in [0.25, 0.3) is 0 Å². The summed E-state index contributed by atoms with van der Waals surface area (Å²) >= 11 is 0. The highest BCUT2D eigenvalue weighted by molar-refractivity contribution is 5.86. The van der Waals surface area contributed by atoms with Gasteiger partial charge in [-0.1, -0.05) is 12.1 Å². The molecule has 0 spiro atoms. The van der Waals surface area contributed by atoms with Crippen molar-refractivity contribution in [3.8, 4) is 5.75 Å². The first-order valence-electron chi connectivity index (χ1n) is 7.43. The van der Waals surface area contributed by atoms with Crippen LogP contribution in [0.3, 0.4) is 0 Å². The van der Waals surface area contributed by atoms with E-state index in [0.717, 1.165) is 25.3 Å². The maximum Gasteiger partial charge on any atom is 0.241 e. The monoisotopic (exact) mass is 305 g/mol. The Labute approximate surface area is 130 Å². The van der Waals surface area contributed by atoms with Crippen LogP contribution in [-0.2, 0) is 16.0 Å². The van der Waals surface area contributed by atoms with Gasteiger partial charge in [0.25, 0.3) is 0 Å². The Morgan fingerprint density at radius 2 is 1.95 bits per heavy atom. The van der Waals surface area contributed by atoms with Gasteiger partial charge >= 0.3 is 0 Å². The van der Waals surface area contributed by atoms with E-state index in [1.807, 2.05) is 24.3 Å². The van der Waals surface area contributed by atoms with Gasteiger partial charge in [0.15, 0.2) is 0 Å². The molecule has 0 unspecified atom stereocenters. The number of hydrogen-bond donors (Lipinski definition) is 1. The SMILES string of the molecule is COc1ccc(CCN2CCN(C(C)=O)[C@H](C(N)=O)C2)cc1. The molecule has 1 aliphatic rings. The Bertz CT molecular complexity index is 530. The summed E-state index contributed by atoms with van der Waals surface area (Å²) in [5.74, 6) is 0.301. The van der Waals surface area contributed by atoms with Crippen molar-refractivity contribution in [1.82, 2.24) is 9.80 Å². The fraction of sp³-hybridized carbons (Fsp3) is 0.500. The van der Waals surface area contributed by atoms with Crippen LogP contribution in [0.4, 0.5) is 0 Å². The Hall–Kier alpha value is -2.08. The summed E-state index contributed by atoms with van der Waals surface area (Å²) in [7, 11) is 1.65. The lowest BCUT2D eigenvalue weighted by molar-refractivity contribution is -0.141. The molecule has 0 aliphatic carbocycles. The highest BCUT2D eigenvalue weighted by Gasteiger charge is 2.32. The fourth-order valence-electron chi connectivity index (χ4n) is 2.74. The number of methoxy groups -OCH3 is 1. The number of piperazine rings is 1. The number of primary amides is 1. The molecule has 6 heteroatoms. The van der Waals surface area contributed by atoms with E-state index in [9.17, 15) is 9.59 Å². The molecule has 0 saturated carbocycles. The van der Waals surface area contributed by atoms with Gasteiger partial charge < -0.3 is 15.4 Å². The van der Waals surface area contributed by atoms with Gasteiger partial charge in [-0.25, -0.2) is 0 Å². The predicted molar refractivity (Wildman–Crippen MR) is 83.5 cm³/mol. The Balaban J connectivity index is 1.90. The average molecular weight is 305 g/mol. The van der Waals surface area contributed by atoms with E-state index < -0.39 is 11.9 Å². The first-order valence-corrected chi connectivity index (χ1v) is 7.43. The number of hydrogen-bond acceptors (Lipinski definition) is 4. The molecule has 1 aliphatic heterocycles. The van der Waals surface area contributed by atoms with Crippen LogP contribution in [0.5, 0.6) is 5.75 Å². The predicted octanol–water partition coefficient (Wildman–Crippen LogP) is 0.256. The number of nitrogens with two attached hydrogens (primary N) is 1. The summed E-state index contributed by atoms with van der Waals surface area (Å²) in [6, 6.07) is 7.43. The smallest absolute Gasteiger partial charge is 0.241 e. The standard InChI is InChI=1S/C16H23N3O3/c1-12(20)19-10-9-18(11-15(19)16(17)21)8-7-13-3-5-14(22-2)6-4-13/h3-6,15H,7-11H2,1-2H3,(H2,17,21)/t15-/m0/s1. The van der Waals surface area contributed by atoms with Gasteiger partial charge in [-0.05, 0) is 24.1 Å². The number of rotatable bonds is 5. The molecular formula is C16H23N3O3. The Morgan fingerprint density at radius 1 is 1.27 bits per heavy atom. The number of carbonyl (C=O) groups excluding carboxylic acids is 2. The van der Waals surface area contributed by atoms with Crippen LogP contribution in [0.15, 0.2) is 24.3 Å². The quantitative estimate of drug-likeness (QED) is 0.846. The normalized spacial score (nSPS) is 19.0. The van der Waals surface area contributed by atoms with E-state index in [2.05, 4.69) is 4.90 Å². The van der Waals surface area contributed by atoms with Crippen molar-refractivity contribution in [2.45, 2.75) is 19.4 Å². The Morgan fingerprint density at radius 3 is 2.50 bits per heavy atom. The highest BCUT2D eigenvalue weighted by atomic mass is 16.5. The van der Waals surface area contributed by atoms with Gasteiger partial charge in [0.1, 0.15) is 11.8 Å². The van der Waals surface area contributed by atoms with Gasteiger partial charge in [0.05, 0.1) is 7.11 Å². The van der Waals surface area contributed by atoms with E-state index in [-0.39, 0.29) is 5.91 Å². The zero-order valence-electron chi connectivity index (χ0n) is 13.1.